The lowest BCUT2D eigenvalue weighted by atomic mass is 10.0. The van der Waals surface area contributed by atoms with Crippen LogP contribution in [0.25, 0.3) is 0 Å². The molecule has 5 heteroatoms. The Labute approximate surface area is 124 Å². The van der Waals surface area contributed by atoms with Crippen molar-refractivity contribution in [2.75, 3.05) is 32.1 Å². The Hall–Kier alpha value is -0.160. The molecule has 20 heavy (non-hydrogen) atoms. The van der Waals surface area contributed by atoms with Crippen molar-refractivity contribution in [3.63, 3.8) is 0 Å². The van der Waals surface area contributed by atoms with Gasteiger partial charge in [0.1, 0.15) is 15.5 Å². The third-order valence-electron chi connectivity index (χ3n) is 3.29. The van der Waals surface area contributed by atoms with E-state index in [1.165, 1.54) is 0 Å². The molecule has 0 spiro atoms. The SMILES string of the molecule is CN(C)CCCCS(=O)(=O)CCCCCCC(C)(C)F. The van der Waals surface area contributed by atoms with Gasteiger partial charge in [0.15, 0.2) is 0 Å². The second-order valence-electron chi connectivity index (χ2n) is 6.55. The number of hydrogen-bond acceptors (Lipinski definition) is 3. The zero-order valence-electron chi connectivity index (χ0n) is 13.6. The molecule has 0 fully saturated rings. The van der Waals surface area contributed by atoms with E-state index in [2.05, 4.69) is 4.90 Å². The number of sulfone groups is 1. The van der Waals surface area contributed by atoms with Crippen LogP contribution < -0.4 is 0 Å². The smallest absolute Gasteiger partial charge is 0.150 e. The Morgan fingerprint density at radius 1 is 0.900 bits per heavy atom. The minimum absolute atomic E-state index is 0.286. The van der Waals surface area contributed by atoms with E-state index in [0.717, 1.165) is 38.6 Å². The summed E-state index contributed by atoms with van der Waals surface area (Å²) in [6.07, 6.45) is 5.59. The molecule has 0 N–H and O–H groups in total. The van der Waals surface area contributed by atoms with Gasteiger partial charge in [-0.3, -0.25) is 0 Å². The molecular formula is C15H32FNO2S. The van der Waals surface area contributed by atoms with Crippen LogP contribution in [0.5, 0.6) is 0 Å². The van der Waals surface area contributed by atoms with Gasteiger partial charge in [0.25, 0.3) is 0 Å². The highest BCUT2D eigenvalue weighted by atomic mass is 32.2. The molecule has 0 unspecified atom stereocenters. The van der Waals surface area contributed by atoms with Crippen molar-refractivity contribution in [2.45, 2.75) is 64.5 Å². The standard InChI is InChI=1S/C15H32FNO2S/c1-15(2,16)11-7-5-6-9-13-20(18,19)14-10-8-12-17(3)4/h5-14H2,1-4H3. The van der Waals surface area contributed by atoms with E-state index >= 15 is 0 Å². The molecule has 0 radical (unpaired) electrons. The molecule has 3 nitrogen and oxygen atoms in total. The molecule has 0 aromatic heterocycles. The number of rotatable bonds is 12. The van der Waals surface area contributed by atoms with E-state index in [9.17, 15) is 12.8 Å². The predicted molar refractivity (Wildman–Crippen MR) is 84.7 cm³/mol. The van der Waals surface area contributed by atoms with E-state index < -0.39 is 15.5 Å². The highest BCUT2D eigenvalue weighted by Gasteiger charge is 2.14. The Bertz CT molecular complexity index is 334. The molecule has 0 aliphatic rings. The number of halogens is 1. The fraction of sp³-hybridized carbons (Fsp3) is 1.00. The fourth-order valence-electron chi connectivity index (χ4n) is 2.07. The third kappa shape index (κ3) is 14.3. The van der Waals surface area contributed by atoms with Crippen molar-refractivity contribution in [3.05, 3.63) is 0 Å². The van der Waals surface area contributed by atoms with E-state index in [0.29, 0.717) is 18.6 Å². The molecule has 0 aliphatic carbocycles. The fourth-order valence-corrected chi connectivity index (χ4v) is 3.56. The van der Waals surface area contributed by atoms with Crippen molar-refractivity contribution in [1.29, 1.82) is 0 Å². The van der Waals surface area contributed by atoms with Gasteiger partial charge < -0.3 is 4.90 Å². The van der Waals surface area contributed by atoms with E-state index in [-0.39, 0.29) is 5.75 Å². The van der Waals surface area contributed by atoms with E-state index in [1.807, 2.05) is 14.1 Å². The van der Waals surface area contributed by atoms with Gasteiger partial charge >= 0.3 is 0 Å². The van der Waals surface area contributed by atoms with Gasteiger partial charge in [0.05, 0.1) is 11.5 Å². The number of nitrogens with zero attached hydrogens (tertiary/aromatic N) is 1. The first kappa shape index (κ1) is 19.8. The first-order chi connectivity index (χ1) is 9.12. The normalized spacial score (nSPS) is 13.1. The zero-order valence-corrected chi connectivity index (χ0v) is 14.4. The molecule has 0 rings (SSSR count). The van der Waals surface area contributed by atoms with Gasteiger partial charge in [-0.25, -0.2) is 12.8 Å². The average molecular weight is 309 g/mol. The molecule has 0 saturated heterocycles. The summed E-state index contributed by atoms with van der Waals surface area (Å²) < 4.78 is 36.8. The average Bonchev–Trinajstić information content (AvgIpc) is 2.27. The maximum Gasteiger partial charge on any atom is 0.150 e. The predicted octanol–water partition coefficient (Wildman–Crippen LogP) is 3.44. The summed E-state index contributed by atoms with van der Waals surface area (Å²) in [7, 11) is 1.10. The van der Waals surface area contributed by atoms with E-state index in [1.54, 1.807) is 13.8 Å². The Morgan fingerprint density at radius 2 is 1.40 bits per heavy atom. The largest absolute Gasteiger partial charge is 0.309 e. The summed E-state index contributed by atoms with van der Waals surface area (Å²) in [6, 6.07) is 0. The minimum atomic E-state index is -2.89. The summed E-state index contributed by atoms with van der Waals surface area (Å²) in [5.41, 5.74) is -1.10. The maximum absolute atomic E-state index is 13.2. The summed E-state index contributed by atoms with van der Waals surface area (Å²) in [4.78, 5) is 2.07. The van der Waals surface area contributed by atoms with Crippen LogP contribution in [0.2, 0.25) is 0 Å². The van der Waals surface area contributed by atoms with Crippen LogP contribution >= 0.6 is 0 Å². The highest BCUT2D eigenvalue weighted by molar-refractivity contribution is 7.91. The highest BCUT2D eigenvalue weighted by Crippen LogP contribution is 2.18. The number of alkyl halides is 1. The Kier molecular flexibility index (Phi) is 9.64. The first-order valence-electron chi connectivity index (χ1n) is 7.66. The van der Waals surface area contributed by atoms with Gasteiger partial charge in [0.2, 0.25) is 0 Å². The molecule has 0 amide bonds. The van der Waals surface area contributed by atoms with Crippen molar-refractivity contribution < 1.29 is 12.8 Å². The Balaban J connectivity index is 3.58. The zero-order chi connectivity index (χ0) is 15.6. The molecule has 0 aliphatic heterocycles. The minimum Gasteiger partial charge on any atom is -0.309 e. The molecule has 122 valence electrons. The molecule has 0 aromatic rings. The quantitative estimate of drug-likeness (QED) is 0.518. The van der Waals surface area contributed by atoms with Crippen LogP contribution in [0.3, 0.4) is 0 Å². The van der Waals surface area contributed by atoms with E-state index in [4.69, 9.17) is 0 Å². The monoisotopic (exact) mass is 309 g/mol. The van der Waals surface area contributed by atoms with Gasteiger partial charge in [0, 0.05) is 0 Å². The van der Waals surface area contributed by atoms with Gasteiger partial charge in [-0.1, -0.05) is 19.3 Å². The third-order valence-corrected chi connectivity index (χ3v) is 5.11. The lowest BCUT2D eigenvalue weighted by Crippen LogP contribution is -2.16. The lowest BCUT2D eigenvalue weighted by molar-refractivity contribution is 0.195. The summed E-state index contributed by atoms with van der Waals surface area (Å²) in [6.45, 7) is 4.12. The van der Waals surface area contributed by atoms with Crippen molar-refractivity contribution >= 4 is 9.84 Å². The van der Waals surface area contributed by atoms with Gasteiger partial charge in [-0.2, -0.15) is 0 Å². The first-order valence-corrected chi connectivity index (χ1v) is 9.49. The topological polar surface area (TPSA) is 37.4 Å². The molecule has 0 aromatic carbocycles. The van der Waals surface area contributed by atoms with Crippen LogP contribution in [0.1, 0.15) is 58.8 Å². The molecular weight excluding hydrogens is 277 g/mol. The number of hydrogen-bond donors (Lipinski definition) is 0. The van der Waals surface area contributed by atoms with Crippen LogP contribution in [0, 0.1) is 0 Å². The van der Waals surface area contributed by atoms with Crippen LogP contribution in [-0.4, -0.2) is 51.1 Å². The summed E-state index contributed by atoms with van der Waals surface area (Å²) in [5.74, 6) is 0.590. The molecule has 0 bridgehead atoms. The van der Waals surface area contributed by atoms with Crippen molar-refractivity contribution in [1.82, 2.24) is 4.90 Å². The van der Waals surface area contributed by atoms with Crippen LogP contribution in [0.15, 0.2) is 0 Å². The van der Waals surface area contributed by atoms with Crippen molar-refractivity contribution in [3.8, 4) is 0 Å². The molecule has 0 saturated carbocycles. The second-order valence-corrected chi connectivity index (χ2v) is 8.85. The van der Waals surface area contributed by atoms with Crippen molar-refractivity contribution in [2.24, 2.45) is 0 Å². The second kappa shape index (κ2) is 9.72. The van der Waals surface area contributed by atoms with Crippen LogP contribution in [-0.2, 0) is 9.84 Å². The Morgan fingerprint density at radius 3 is 1.90 bits per heavy atom. The van der Waals surface area contributed by atoms with Crippen LogP contribution in [0.4, 0.5) is 4.39 Å². The van der Waals surface area contributed by atoms with Gasteiger partial charge in [-0.15, -0.1) is 0 Å². The summed E-state index contributed by atoms with van der Waals surface area (Å²) in [5, 5.41) is 0. The molecule has 0 atom stereocenters. The maximum atomic E-state index is 13.2. The van der Waals surface area contributed by atoms with Gasteiger partial charge in [-0.05, 0) is 60.2 Å². The lowest BCUT2D eigenvalue weighted by Gasteiger charge is -2.13. The number of unbranched alkanes of at least 4 members (excludes halogenated alkanes) is 4. The summed E-state index contributed by atoms with van der Waals surface area (Å²) >= 11 is 0. The molecule has 0 heterocycles.